The minimum atomic E-state index is 0.464. The Hall–Kier alpha value is -0.830. The molecule has 1 aromatic heterocycles. The van der Waals surface area contributed by atoms with E-state index in [1.807, 2.05) is 13.8 Å². The van der Waals surface area contributed by atoms with Gasteiger partial charge in [0.1, 0.15) is 0 Å². The normalized spacial score (nSPS) is 16.7. The van der Waals surface area contributed by atoms with Crippen LogP contribution in [0.25, 0.3) is 0 Å². The van der Waals surface area contributed by atoms with Gasteiger partial charge in [0, 0.05) is 5.56 Å². The predicted octanol–water partition coefficient (Wildman–Crippen LogP) is 3.32. The van der Waals surface area contributed by atoms with Gasteiger partial charge < -0.3 is 4.74 Å². The van der Waals surface area contributed by atoms with Gasteiger partial charge in [-0.15, -0.1) is 10.2 Å². The molecule has 1 fully saturated rings. The third-order valence-electron chi connectivity index (χ3n) is 3.35. The second-order valence-electron chi connectivity index (χ2n) is 4.51. The van der Waals surface area contributed by atoms with Crippen LogP contribution in [0.3, 0.4) is 0 Å². The molecule has 1 aliphatic rings. The lowest BCUT2D eigenvalue weighted by Gasteiger charge is -2.12. The molecule has 0 aliphatic heterocycles. The molecule has 0 radical (unpaired) electrons. The Bertz CT molecular complexity index is 376. The summed E-state index contributed by atoms with van der Waals surface area (Å²) >= 11 is 5.88. The number of hydrogen-bond acceptors (Lipinski definition) is 3. The van der Waals surface area contributed by atoms with E-state index in [9.17, 15) is 0 Å². The molecule has 0 unspecified atom stereocenters. The molecule has 0 spiro atoms. The summed E-state index contributed by atoms with van der Waals surface area (Å²) in [6.45, 7) is 4.67. The van der Waals surface area contributed by atoms with Crippen molar-refractivity contribution in [1.82, 2.24) is 10.2 Å². The van der Waals surface area contributed by atoms with Gasteiger partial charge in [0.2, 0.25) is 5.88 Å². The maximum Gasteiger partial charge on any atom is 0.236 e. The molecular formula is C12H17ClN2O. The molecule has 16 heavy (non-hydrogen) atoms. The molecule has 1 heterocycles. The Morgan fingerprint density at radius 1 is 1.19 bits per heavy atom. The first-order valence-electron chi connectivity index (χ1n) is 5.80. The van der Waals surface area contributed by atoms with Crippen molar-refractivity contribution in [2.45, 2.75) is 39.5 Å². The summed E-state index contributed by atoms with van der Waals surface area (Å²) in [5.74, 6) is 1.32. The van der Waals surface area contributed by atoms with Gasteiger partial charge in [-0.05, 0) is 38.2 Å². The lowest BCUT2D eigenvalue weighted by Crippen LogP contribution is -2.10. The number of aromatic nitrogens is 2. The van der Waals surface area contributed by atoms with Gasteiger partial charge in [-0.1, -0.05) is 24.4 Å². The number of ether oxygens (including phenoxy) is 1. The molecule has 0 amide bonds. The lowest BCUT2D eigenvalue weighted by atomic mass is 10.1. The zero-order valence-electron chi connectivity index (χ0n) is 9.79. The Morgan fingerprint density at radius 3 is 2.56 bits per heavy atom. The predicted molar refractivity (Wildman–Crippen MR) is 64.0 cm³/mol. The highest BCUT2D eigenvalue weighted by atomic mass is 35.5. The molecule has 1 aliphatic carbocycles. The van der Waals surface area contributed by atoms with Crippen molar-refractivity contribution in [2.24, 2.45) is 5.92 Å². The van der Waals surface area contributed by atoms with Crippen molar-refractivity contribution in [3.8, 4) is 5.88 Å². The minimum absolute atomic E-state index is 0.464. The van der Waals surface area contributed by atoms with Crippen LogP contribution < -0.4 is 4.74 Å². The molecular weight excluding hydrogens is 224 g/mol. The van der Waals surface area contributed by atoms with Crippen molar-refractivity contribution >= 4 is 11.6 Å². The van der Waals surface area contributed by atoms with E-state index in [2.05, 4.69) is 10.2 Å². The molecule has 1 aromatic rings. The Balaban J connectivity index is 2.01. The summed E-state index contributed by atoms with van der Waals surface area (Å²) in [5, 5.41) is 8.33. The highest BCUT2D eigenvalue weighted by Crippen LogP contribution is 2.27. The van der Waals surface area contributed by atoms with Crippen LogP contribution in [0.2, 0.25) is 5.15 Å². The molecule has 0 atom stereocenters. The van der Waals surface area contributed by atoms with E-state index in [0.29, 0.717) is 17.0 Å². The average molecular weight is 241 g/mol. The van der Waals surface area contributed by atoms with E-state index in [0.717, 1.165) is 17.7 Å². The third kappa shape index (κ3) is 2.46. The maximum atomic E-state index is 5.88. The molecule has 0 aromatic carbocycles. The molecule has 1 saturated carbocycles. The van der Waals surface area contributed by atoms with Gasteiger partial charge >= 0.3 is 0 Å². The number of rotatable bonds is 3. The second kappa shape index (κ2) is 5.00. The van der Waals surface area contributed by atoms with Gasteiger partial charge in [-0.2, -0.15) is 0 Å². The van der Waals surface area contributed by atoms with Gasteiger partial charge in [-0.3, -0.25) is 0 Å². The average Bonchev–Trinajstić information content (AvgIpc) is 2.78. The quantitative estimate of drug-likeness (QED) is 0.813. The van der Waals surface area contributed by atoms with Crippen LogP contribution in [0.4, 0.5) is 0 Å². The zero-order chi connectivity index (χ0) is 11.5. The Kier molecular flexibility index (Phi) is 3.64. The van der Waals surface area contributed by atoms with Crippen molar-refractivity contribution in [3.05, 3.63) is 16.3 Å². The summed E-state index contributed by atoms with van der Waals surface area (Å²) in [6, 6.07) is 0. The SMILES string of the molecule is Cc1c(Cl)nnc(OCC2CCCC2)c1C. The first-order chi connectivity index (χ1) is 7.68. The summed E-state index contributed by atoms with van der Waals surface area (Å²) in [6.07, 6.45) is 5.22. The molecule has 4 heteroatoms. The minimum Gasteiger partial charge on any atom is -0.476 e. The van der Waals surface area contributed by atoms with Crippen LogP contribution >= 0.6 is 11.6 Å². The topological polar surface area (TPSA) is 35.0 Å². The van der Waals surface area contributed by atoms with Crippen LogP contribution in [0.15, 0.2) is 0 Å². The third-order valence-corrected chi connectivity index (χ3v) is 3.71. The van der Waals surface area contributed by atoms with Crippen LogP contribution in [-0.4, -0.2) is 16.8 Å². The molecule has 3 nitrogen and oxygen atoms in total. The fourth-order valence-electron chi connectivity index (χ4n) is 2.07. The first-order valence-corrected chi connectivity index (χ1v) is 6.18. The smallest absolute Gasteiger partial charge is 0.236 e. The molecule has 88 valence electrons. The Morgan fingerprint density at radius 2 is 1.88 bits per heavy atom. The number of hydrogen-bond donors (Lipinski definition) is 0. The number of halogens is 1. The summed E-state index contributed by atoms with van der Waals surface area (Å²) in [4.78, 5) is 0. The van der Waals surface area contributed by atoms with E-state index < -0.39 is 0 Å². The van der Waals surface area contributed by atoms with E-state index in [1.54, 1.807) is 0 Å². The van der Waals surface area contributed by atoms with Gasteiger partial charge in [-0.25, -0.2) is 0 Å². The van der Waals surface area contributed by atoms with Crippen LogP contribution in [0.1, 0.15) is 36.8 Å². The summed E-state index contributed by atoms with van der Waals surface area (Å²) in [5.41, 5.74) is 1.95. The first kappa shape index (κ1) is 11.6. The standard InChI is InChI=1S/C12H17ClN2O/c1-8-9(2)12(15-14-11(8)13)16-7-10-5-3-4-6-10/h10H,3-7H2,1-2H3. The van der Waals surface area contributed by atoms with Crippen molar-refractivity contribution in [2.75, 3.05) is 6.61 Å². The zero-order valence-corrected chi connectivity index (χ0v) is 10.5. The Labute approximate surface area is 101 Å². The van der Waals surface area contributed by atoms with Crippen molar-refractivity contribution < 1.29 is 4.74 Å². The van der Waals surface area contributed by atoms with E-state index in [1.165, 1.54) is 25.7 Å². The fraction of sp³-hybridized carbons (Fsp3) is 0.667. The van der Waals surface area contributed by atoms with Crippen LogP contribution in [0.5, 0.6) is 5.88 Å². The summed E-state index contributed by atoms with van der Waals surface area (Å²) in [7, 11) is 0. The van der Waals surface area contributed by atoms with E-state index >= 15 is 0 Å². The van der Waals surface area contributed by atoms with Crippen molar-refractivity contribution in [1.29, 1.82) is 0 Å². The van der Waals surface area contributed by atoms with Crippen molar-refractivity contribution in [3.63, 3.8) is 0 Å². The number of nitrogens with zero attached hydrogens (tertiary/aromatic N) is 2. The fourth-order valence-corrected chi connectivity index (χ4v) is 2.24. The van der Waals surface area contributed by atoms with Gasteiger partial charge in [0.05, 0.1) is 6.61 Å². The highest BCUT2D eigenvalue weighted by molar-refractivity contribution is 6.30. The van der Waals surface area contributed by atoms with E-state index in [-0.39, 0.29) is 0 Å². The highest BCUT2D eigenvalue weighted by Gasteiger charge is 2.17. The van der Waals surface area contributed by atoms with E-state index in [4.69, 9.17) is 16.3 Å². The largest absolute Gasteiger partial charge is 0.476 e. The van der Waals surface area contributed by atoms with Crippen LogP contribution in [0, 0.1) is 19.8 Å². The maximum absolute atomic E-state index is 5.88. The molecule has 2 rings (SSSR count). The van der Waals surface area contributed by atoms with Gasteiger partial charge in [0.25, 0.3) is 0 Å². The molecule has 0 saturated heterocycles. The molecule has 0 bridgehead atoms. The molecule has 0 N–H and O–H groups in total. The van der Waals surface area contributed by atoms with Gasteiger partial charge in [0.15, 0.2) is 5.15 Å². The second-order valence-corrected chi connectivity index (χ2v) is 4.87. The lowest BCUT2D eigenvalue weighted by molar-refractivity contribution is 0.239. The van der Waals surface area contributed by atoms with Crippen LogP contribution in [-0.2, 0) is 0 Å². The monoisotopic (exact) mass is 240 g/mol. The summed E-state index contributed by atoms with van der Waals surface area (Å²) < 4.78 is 5.72.